The second-order valence-corrected chi connectivity index (χ2v) is 0.569. The van der Waals surface area contributed by atoms with Crippen LogP contribution in [0.15, 0.2) is 0 Å². The average Bonchev–Trinajstić information content (AvgIpc) is 1.38. The molecule has 0 bridgehead atoms. The zero-order valence-electron chi connectivity index (χ0n) is 3.00. The van der Waals surface area contributed by atoms with Crippen molar-refractivity contribution >= 4 is 5.97 Å². The fourth-order valence-corrected chi connectivity index (χ4v) is 0. The number of hydrogen-bond acceptors (Lipinski definition) is 2. The summed E-state index contributed by atoms with van der Waals surface area (Å²) in [6.45, 7) is 0.986. The Hall–Kier alpha value is 0.140. The summed E-state index contributed by atoms with van der Waals surface area (Å²) < 4.78 is 10.3. The van der Waals surface area contributed by atoms with Crippen LogP contribution < -0.4 is 0 Å². The van der Waals surface area contributed by atoms with Crippen LogP contribution in [-0.2, 0) is 32.1 Å². The molecule has 41 valence electrons. The van der Waals surface area contributed by atoms with E-state index in [-0.39, 0.29) is 22.4 Å². The Morgan fingerprint density at radius 1 is 1.83 bits per heavy atom. The van der Waals surface area contributed by atoms with Gasteiger partial charge in [-0.3, -0.25) is 4.94 Å². The van der Waals surface area contributed by atoms with Crippen molar-refractivity contribution in [1.82, 2.24) is 0 Å². The van der Waals surface area contributed by atoms with Crippen LogP contribution >= 0.6 is 0 Å². The van der Waals surface area contributed by atoms with Crippen LogP contribution in [0.3, 0.4) is 0 Å². The van der Waals surface area contributed by atoms with Crippen molar-refractivity contribution in [1.29, 1.82) is 0 Å². The van der Waals surface area contributed by atoms with E-state index in [9.17, 15) is 9.32 Å². The van der Waals surface area contributed by atoms with E-state index in [1.807, 2.05) is 0 Å². The molecule has 0 amide bonds. The molecule has 4 heteroatoms. The standard InChI is InChI=1S/C2H3FO2.Ag/c1-2(4)5-3;/h1H3;. The summed E-state index contributed by atoms with van der Waals surface area (Å²) in [5, 5.41) is 0. The van der Waals surface area contributed by atoms with Gasteiger partial charge < -0.3 is 0 Å². The van der Waals surface area contributed by atoms with Crippen molar-refractivity contribution in [3.8, 4) is 0 Å². The van der Waals surface area contributed by atoms with E-state index in [0.29, 0.717) is 0 Å². The minimum atomic E-state index is -0.912. The van der Waals surface area contributed by atoms with Gasteiger partial charge >= 0.3 is 5.97 Å². The average molecular weight is 186 g/mol. The Bertz CT molecular complexity index is 46.8. The van der Waals surface area contributed by atoms with E-state index < -0.39 is 5.97 Å². The molecule has 0 aromatic carbocycles. The Balaban J connectivity index is 0. The van der Waals surface area contributed by atoms with Crippen LogP contribution in [-0.4, -0.2) is 5.97 Å². The second kappa shape index (κ2) is 5.14. The van der Waals surface area contributed by atoms with Gasteiger partial charge in [-0.2, -0.15) is 0 Å². The predicted molar refractivity (Wildman–Crippen MR) is 12.9 cm³/mol. The summed E-state index contributed by atoms with van der Waals surface area (Å²) in [5.41, 5.74) is 0. The minimum absolute atomic E-state index is 0. The topological polar surface area (TPSA) is 26.3 Å². The number of halogens is 1. The summed E-state index contributed by atoms with van der Waals surface area (Å²) in [5.74, 6) is -0.912. The largest absolute Gasteiger partial charge is 0.345 e. The first-order valence-electron chi connectivity index (χ1n) is 1.06. The SMILES string of the molecule is CC(=O)OF.[Ag]. The predicted octanol–water partition coefficient (Wildman–Crippen LogP) is 0.431. The molecule has 0 spiro atoms. The molecule has 0 heterocycles. The molecule has 0 saturated carbocycles. The summed E-state index contributed by atoms with van der Waals surface area (Å²) in [4.78, 5) is 11.8. The van der Waals surface area contributed by atoms with E-state index in [1.165, 1.54) is 0 Å². The van der Waals surface area contributed by atoms with Gasteiger partial charge in [0.25, 0.3) is 0 Å². The van der Waals surface area contributed by atoms with E-state index in [1.54, 1.807) is 0 Å². The molecule has 0 saturated heterocycles. The summed E-state index contributed by atoms with van der Waals surface area (Å²) in [6.07, 6.45) is 0. The molecule has 0 atom stereocenters. The summed E-state index contributed by atoms with van der Waals surface area (Å²) in [6, 6.07) is 0. The molecule has 0 unspecified atom stereocenters. The van der Waals surface area contributed by atoms with Crippen LogP contribution in [0.4, 0.5) is 4.53 Å². The molecule has 6 heavy (non-hydrogen) atoms. The van der Waals surface area contributed by atoms with E-state index >= 15 is 0 Å². The first kappa shape index (κ1) is 9.46. The first-order valence-corrected chi connectivity index (χ1v) is 1.06. The summed E-state index contributed by atoms with van der Waals surface area (Å²) >= 11 is 0. The number of hydrogen-bond donors (Lipinski definition) is 0. The van der Waals surface area contributed by atoms with Gasteiger partial charge in [0.1, 0.15) is 0 Å². The van der Waals surface area contributed by atoms with Gasteiger partial charge in [0.05, 0.1) is 0 Å². The molecular formula is C2H3AgFO2. The van der Waals surface area contributed by atoms with Gasteiger partial charge in [-0.15, -0.1) is 0 Å². The van der Waals surface area contributed by atoms with Gasteiger partial charge in [-0.25, -0.2) is 4.79 Å². The monoisotopic (exact) mass is 185 g/mol. The first-order chi connectivity index (χ1) is 2.27. The molecule has 0 aromatic heterocycles. The zero-order chi connectivity index (χ0) is 4.28. The van der Waals surface area contributed by atoms with Crippen molar-refractivity contribution in [3.63, 3.8) is 0 Å². The van der Waals surface area contributed by atoms with Crippen LogP contribution in [0, 0.1) is 0 Å². The Morgan fingerprint density at radius 2 is 2.00 bits per heavy atom. The van der Waals surface area contributed by atoms with Crippen molar-refractivity contribution in [2.24, 2.45) is 0 Å². The number of carbonyl (C=O) groups is 1. The van der Waals surface area contributed by atoms with Crippen LogP contribution in [0.5, 0.6) is 0 Å². The van der Waals surface area contributed by atoms with Gasteiger partial charge in [0.15, 0.2) is 0 Å². The van der Waals surface area contributed by atoms with Crippen molar-refractivity contribution < 1.29 is 36.6 Å². The molecule has 0 aliphatic rings. The maximum Gasteiger partial charge on any atom is 0.345 e. The third-order valence-electron chi connectivity index (χ3n) is 0.109. The molecule has 1 radical (unpaired) electrons. The van der Waals surface area contributed by atoms with Crippen LogP contribution in [0.2, 0.25) is 0 Å². The smallest absolute Gasteiger partial charge is 0.255 e. The molecule has 0 aliphatic carbocycles. The third kappa shape index (κ3) is 8.91. The molecular weight excluding hydrogens is 183 g/mol. The fraction of sp³-hybridized carbons (Fsp3) is 0.500. The van der Waals surface area contributed by atoms with Crippen LogP contribution in [0.1, 0.15) is 6.92 Å². The second-order valence-electron chi connectivity index (χ2n) is 0.569. The Morgan fingerprint density at radius 3 is 2.00 bits per heavy atom. The fourth-order valence-electron chi connectivity index (χ4n) is 0. The normalized spacial score (nSPS) is 5.67. The van der Waals surface area contributed by atoms with Crippen molar-refractivity contribution in [2.45, 2.75) is 6.92 Å². The van der Waals surface area contributed by atoms with Gasteiger partial charge in [0.2, 0.25) is 0 Å². The van der Waals surface area contributed by atoms with Gasteiger partial charge in [-0.05, 0) is 0 Å². The molecule has 0 aliphatic heterocycles. The van der Waals surface area contributed by atoms with Gasteiger partial charge in [-0.1, -0.05) is 0 Å². The Labute approximate surface area is 50.1 Å². The number of carbonyl (C=O) groups excluding carboxylic acids is 1. The molecule has 0 N–H and O–H groups in total. The maximum atomic E-state index is 10.3. The van der Waals surface area contributed by atoms with E-state index in [4.69, 9.17) is 0 Å². The minimum Gasteiger partial charge on any atom is -0.255 e. The quantitative estimate of drug-likeness (QED) is 0.512. The summed E-state index contributed by atoms with van der Waals surface area (Å²) in [7, 11) is 0. The van der Waals surface area contributed by atoms with E-state index in [0.717, 1.165) is 6.92 Å². The maximum absolute atomic E-state index is 10.3. The van der Waals surface area contributed by atoms with Crippen LogP contribution in [0.25, 0.3) is 0 Å². The third-order valence-corrected chi connectivity index (χ3v) is 0.109. The Kier molecular flexibility index (Phi) is 8.11. The molecule has 0 aromatic rings. The van der Waals surface area contributed by atoms with Gasteiger partial charge in [0, 0.05) is 33.8 Å². The zero-order valence-corrected chi connectivity index (χ0v) is 4.48. The van der Waals surface area contributed by atoms with E-state index in [2.05, 4.69) is 4.94 Å². The molecule has 0 fully saturated rings. The molecule has 2 nitrogen and oxygen atoms in total. The van der Waals surface area contributed by atoms with Crippen molar-refractivity contribution in [2.75, 3.05) is 0 Å². The van der Waals surface area contributed by atoms with Crippen molar-refractivity contribution in [3.05, 3.63) is 0 Å². The number of rotatable bonds is 0. The molecule has 0 rings (SSSR count).